The number of carbonyl (C=O) groups excluding carboxylic acids is 1. The zero-order valence-electron chi connectivity index (χ0n) is 17.2. The zero-order valence-corrected chi connectivity index (χ0v) is 18.0. The lowest BCUT2D eigenvalue weighted by Gasteiger charge is -2.33. The van der Waals surface area contributed by atoms with Gasteiger partial charge in [-0.2, -0.15) is 0 Å². The number of amides is 1. The molecule has 31 heavy (non-hydrogen) atoms. The molecule has 0 unspecified atom stereocenters. The molecule has 1 saturated heterocycles. The van der Waals surface area contributed by atoms with Crippen LogP contribution >= 0.6 is 11.3 Å². The maximum absolute atomic E-state index is 12.7. The highest BCUT2D eigenvalue weighted by atomic mass is 32.1. The van der Waals surface area contributed by atoms with Crippen molar-refractivity contribution in [3.63, 3.8) is 0 Å². The predicted molar refractivity (Wildman–Crippen MR) is 118 cm³/mol. The topological polar surface area (TPSA) is 156 Å². The van der Waals surface area contributed by atoms with E-state index in [1.165, 1.54) is 19.4 Å². The Labute approximate surface area is 182 Å². The number of piperidine rings is 1. The quantitative estimate of drug-likeness (QED) is 0.534. The summed E-state index contributed by atoms with van der Waals surface area (Å²) in [5.74, 6) is -0.553. The van der Waals surface area contributed by atoms with E-state index in [2.05, 4.69) is 20.5 Å². The van der Waals surface area contributed by atoms with Crippen LogP contribution in [0, 0.1) is 5.92 Å². The minimum atomic E-state index is -0.749. The number of rotatable bonds is 7. The first kappa shape index (κ1) is 22.4. The molecule has 12 heteroatoms. The molecule has 0 bridgehead atoms. The van der Waals surface area contributed by atoms with Crippen molar-refractivity contribution in [2.24, 2.45) is 16.6 Å². The number of anilines is 2. The zero-order chi connectivity index (χ0) is 22.4. The maximum Gasteiger partial charge on any atom is 0.381 e. The van der Waals surface area contributed by atoms with E-state index in [9.17, 15) is 14.7 Å². The van der Waals surface area contributed by atoms with Gasteiger partial charge in [-0.25, -0.2) is 9.79 Å². The number of hydrogen-bond acceptors (Lipinski definition) is 11. The molecule has 3 rings (SSSR count). The first-order valence-corrected chi connectivity index (χ1v) is 10.4. The number of carbonyl (C=O) groups is 1. The van der Waals surface area contributed by atoms with E-state index in [-0.39, 0.29) is 29.2 Å². The predicted octanol–water partition coefficient (Wildman–Crippen LogP) is 1.53. The largest absolute Gasteiger partial charge is 0.488 e. The summed E-state index contributed by atoms with van der Waals surface area (Å²) in [6.07, 6.45) is 4.51. The summed E-state index contributed by atoms with van der Waals surface area (Å²) in [5, 5.41) is 20.2. The molecule has 11 nitrogen and oxygen atoms in total. The highest BCUT2D eigenvalue weighted by Gasteiger charge is 2.25. The van der Waals surface area contributed by atoms with Crippen LogP contribution in [0.1, 0.15) is 30.3 Å². The van der Waals surface area contributed by atoms with E-state index in [0.29, 0.717) is 29.6 Å². The number of nitrogens with one attached hydrogen (secondary N) is 1. The van der Waals surface area contributed by atoms with Crippen molar-refractivity contribution in [2.75, 3.05) is 37.0 Å². The Bertz CT molecular complexity index is 1040. The molecule has 0 aromatic carbocycles. The summed E-state index contributed by atoms with van der Waals surface area (Å²) in [4.78, 5) is 31.2. The van der Waals surface area contributed by atoms with Crippen LogP contribution in [0.4, 0.5) is 16.0 Å². The Morgan fingerprint density at radius 1 is 1.48 bits per heavy atom. The number of nitrogens with two attached hydrogens (primary N) is 1. The minimum absolute atomic E-state index is 0.0370. The summed E-state index contributed by atoms with van der Waals surface area (Å²) in [5.41, 5.74) is 5.68. The number of aliphatic imine (C=N–C) groups is 1. The second-order valence-electron chi connectivity index (χ2n) is 6.89. The highest BCUT2D eigenvalue weighted by Crippen LogP contribution is 2.30. The molecule has 166 valence electrons. The van der Waals surface area contributed by atoms with E-state index >= 15 is 0 Å². The second-order valence-corrected chi connectivity index (χ2v) is 7.84. The van der Waals surface area contributed by atoms with Gasteiger partial charge in [-0.15, -0.1) is 10.2 Å². The molecule has 0 spiro atoms. The summed E-state index contributed by atoms with van der Waals surface area (Å²) >= 11 is 1.06. The number of allylic oxidation sites excluding steroid dienone is 1. The first-order valence-electron chi connectivity index (χ1n) is 9.61. The van der Waals surface area contributed by atoms with E-state index in [1.807, 2.05) is 4.90 Å². The molecule has 3 heterocycles. The number of nitrogens with zero attached hydrogens (tertiary/aromatic N) is 4. The summed E-state index contributed by atoms with van der Waals surface area (Å²) in [7, 11) is 1.38. The van der Waals surface area contributed by atoms with Gasteiger partial charge >= 0.3 is 5.63 Å². The van der Waals surface area contributed by atoms with Gasteiger partial charge in [0.2, 0.25) is 16.0 Å². The van der Waals surface area contributed by atoms with E-state index in [0.717, 1.165) is 24.2 Å². The lowest BCUT2D eigenvalue weighted by atomic mass is 9.97. The number of methoxy groups -OCH3 is 1. The summed E-state index contributed by atoms with van der Waals surface area (Å²) in [6, 6.07) is 1.48. The van der Waals surface area contributed by atoms with Crippen LogP contribution in [-0.2, 0) is 0 Å². The van der Waals surface area contributed by atoms with Gasteiger partial charge in [0.1, 0.15) is 0 Å². The van der Waals surface area contributed by atoms with Gasteiger partial charge in [-0.05, 0) is 38.0 Å². The van der Waals surface area contributed by atoms with Crippen molar-refractivity contribution in [3.8, 4) is 5.75 Å². The van der Waals surface area contributed by atoms with Crippen molar-refractivity contribution in [2.45, 2.75) is 19.8 Å². The Hall–Kier alpha value is -3.25. The lowest BCUT2D eigenvalue weighted by Crippen LogP contribution is -2.35. The second kappa shape index (κ2) is 10.2. The average Bonchev–Trinajstić information content (AvgIpc) is 3.19. The van der Waals surface area contributed by atoms with Gasteiger partial charge in [-0.1, -0.05) is 11.3 Å². The van der Waals surface area contributed by atoms with Crippen LogP contribution in [0.25, 0.3) is 0 Å². The molecule has 2 aromatic heterocycles. The van der Waals surface area contributed by atoms with E-state index in [4.69, 9.17) is 14.9 Å². The highest BCUT2D eigenvalue weighted by molar-refractivity contribution is 7.18. The molecule has 1 aliphatic heterocycles. The van der Waals surface area contributed by atoms with Crippen LogP contribution in [0.15, 0.2) is 32.5 Å². The van der Waals surface area contributed by atoms with E-state index in [1.54, 1.807) is 13.0 Å². The number of aliphatic hydroxyl groups excluding tert-OH is 1. The van der Waals surface area contributed by atoms with Gasteiger partial charge in [0.25, 0.3) is 5.91 Å². The summed E-state index contributed by atoms with van der Waals surface area (Å²) in [6.45, 7) is 3.13. The van der Waals surface area contributed by atoms with Crippen LogP contribution in [-0.4, -0.2) is 53.7 Å². The molecule has 1 fully saturated rings. The van der Waals surface area contributed by atoms with Crippen molar-refractivity contribution in [3.05, 3.63) is 34.5 Å². The third-order valence-corrected chi connectivity index (χ3v) is 5.51. The molecule has 1 aliphatic rings. The monoisotopic (exact) mass is 448 g/mol. The van der Waals surface area contributed by atoms with Crippen molar-refractivity contribution in [1.29, 1.82) is 0 Å². The first-order chi connectivity index (χ1) is 14.9. The Kier molecular flexibility index (Phi) is 7.36. The Morgan fingerprint density at radius 2 is 2.23 bits per heavy atom. The number of hydrogen-bond donors (Lipinski definition) is 3. The van der Waals surface area contributed by atoms with Gasteiger partial charge in [0.05, 0.1) is 12.8 Å². The minimum Gasteiger partial charge on any atom is -0.488 e. The van der Waals surface area contributed by atoms with Crippen molar-refractivity contribution >= 4 is 38.9 Å². The average molecular weight is 449 g/mol. The van der Waals surface area contributed by atoms with Gasteiger partial charge in [-0.3, -0.25) is 10.1 Å². The van der Waals surface area contributed by atoms with Crippen LogP contribution < -0.4 is 26.3 Å². The smallest absolute Gasteiger partial charge is 0.381 e. The third-order valence-electron chi connectivity index (χ3n) is 4.77. The normalized spacial score (nSPS) is 15.5. The SMILES string of the molecule is COc1c(N2CCC(CO)CC2)cc(C(=O)Nc2nnc(N=C(C)C=CN)s2)oc1=O. The van der Waals surface area contributed by atoms with Gasteiger partial charge in [0.15, 0.2) is 5.76 Å². The number of aromatic nitrogens is 2. The number of aliphatic hydroxyl groups is 1. The molecular formula is C19H24N6O5S. The third kappa shape index (κ3) is 5.47. The number of ether oxygens (including phenoxy) is 1. The fourth-order valence-corrected chi connectivity index (χ4v) is 3.83. The Morgan fingerprint density at radius 3 is 2.87 bits per heavy atom. The fraction of sp³-hybridized carbons (Fsp3) is 0.421. The molecule has 1 amide bonds. The molecule has 0 radical (unpaired) electrons. The fourth-order valence-electron chi connectivity index (χ4n) is 3.16. The standard InChI is InChI=1S/C19H24N6O5S/c1-11(3-6-20)21-18-23-24-19(31-18)22-16(27)14-9-13(15(29-2)17(28)30-14)25-7-4-12(10-26)5-8-25/h3,6,9,12,26H,4-5,7-8,10,20H2,1-2H3,(H,22,24,27). The van der Waals surface area contributed by atoms with Crippen LogP contribution in [0.3, 0.4) is 0 Å². The van der Waals surface area contributed by atoms with E-state index < -0.39 is 11.5 Å². The molecule has 0 aliphatic carbocycles. The molecule has 2 aromatic rings. The molecular weight excluding hydrogens is 424 g/mol. The molecule has 0 saturated carbocycles. The Balaban J connectivity index is 1.80. The van der Waals surface area contributed by atoms with Crippen molar-refractivity contribution < 1.29 is 19.1 Å². The molecule has 4 N–H and O–H groups in total. The van der Waals surface area contributed by atoms with Gasteiger partial charge < -0.3 is 24.9 Å². The van der Waals surface area contributed by atoms with Gasteiger partial charge in [0, 0.05) is 31.5 Å². The summed E-state index contributed by atoms with van der Waals surface area (Å²) < 4.78 is 10.4. The van der Waals surface area contributed by atoms with Crippen molar-refractivity contribution in [1.82, 2.24) is 10.2 Å². The lowest BCUT2D eigenvalue weighted by molar-refractivity contribution is 0.0991. The van der Waals surface area contributed by atoms with Crippen LogP contribution in [0.2, 0.25) is 0 Å². The molecule has 0 atom stereocenters. The van der Waals surface area contributed by atoms with Crippen LogP contribution in [0.5, 0.6) is 5.75 Å². The maximum atomic E-state index is 12.7.